The molecule has 3 aromatic rings. The van der Waals surface area contributed by atoms with Crippen molar-refractivity contribution >= 4 is 51.6 Å². The van der Waals surface area contributed by atoms with Crippen molar-refractivity contribution in [3.05, 3.63) is 93.1 Å². The molecule has 2 amide bonds. The third-order valence-corrected chi connectivity index (χ3v) is 4.73. The van der Waals surface area contributed by atoms with E-state index in [1.807, 2.05) is 12.1 Å². The van der Waals surface area contributed by atoms with Crippen LogP contribution in [0.3, 0.4) is 0 Å². The predicted octanol–water partition coefficient (Wildman–Crippen LogP) is 5.00. The molecule has 0 saturated heterocycles. The molecule has 5 nitrogen and oxygen atoms in total. The van der Waals surface area contributed by atoms with E-state index >= 15 is 0 Å². The van der Waals surface area contributed by atoms with Gasteiger partial charge in [-0.2, -0.15) is 0 Å². The summed E-state index contributed by atoms with van der Waals surface area (Å²) in [5, 5.41) is 5.60. The second-order valence-electron chi connectivity index (χ2n) is 6.10. The first-order chi connectivity index (χ1) is 13.4. The minimum Gasteiger partial charge on any atom is -0.322 e. The summed E-state index contributed by atoms with van der Waals surface area (Å²) in [6.07, 6.45) is 0. The highest BCUT2D eigenvalue weighted by atomic mass is 127. The van der Waals surface area contributed by atoms with Crippen molar-refractivity contribution in [3.63, 3.8) is 0 Å². The number of carbonyl (C=O) groups excluding carboxylic acids is 3. The normalized spacial score (nSPS) is 10.2. The van der Waals surface area contributed by atoms with Crippen molar-refractivity contribution in [2.45, 2.75) is 6.92 Å². The Kier molecular flexibility index (Phi) is 6.20. The Hall–Kier alpha value is -3.00. The summed E-state index contributed by atoms with van der Waals surface area (Å²) < 4.78 is 0.868. The van der Waals surface area contributed by atoms with Gasteiger partial charge in [-0.15, -0.1) is 0 Å². The zero-order valence-corrected chi connectivity index (χ0v) is 17.2. The molecule has 0 spiro atoms. The third-order valence-electron chi connectivity index (χ3n) is 4.06. The number of Topliss-reactive ketones (excluding diaryl/α,β-unsaturated/α-hetero) is 1. The smallest absolute Gasteiger partial charge is 0.257 e. The van der Waals surface area contributed by atoms with E-state index in [-0.39, 0.29) is 17.6 Å². The van der Waals surface area contributed by atoms with Crippen LogP contribution >= 0.6 is 22.6 Å². The SMILES string of the molecule is CC(=O)c1ccc(NC(=O)c2cc(I)ccc2NC(=O)c2ccccc2)cc1. The summed E-state index contributed by atoms with van der Waals surface area (Å²) >= 11 is 2.11. The first-order valence-corrected chi connectivity index (χ1v) is 9.60. The number of hydrogen-bond acceptors (Lipinski definition) is 3. The summed E-state index contributed by atoms with van der Waals surface area (Å²) in [6, 6.07) is 20.7. The van der Waals surface area contributed by atoms with E-state index in [1.54, 1.807) is 60.7 Å². The monoisotopic (exact) mass is 484 g/mol. The fourth-order valence-corrected chi connectivity index (χ4v) is 3.08. The van der Waals surface area contributed by atoms with Gasteiger partial charge in [-0.3, -0.25) is 14.4 Å². The van der Waals surface area contributed by atoms with Crippen LogP contribution in [-0.4, -0.2) is 17.6 Å². The molecule has 0 saturated carbocycles. The number of ketones is 1. The van der Waals surface area contributed by atoms with Crippen molar-refractivity contribution in [1.82, 2.24) is 0 Å². The fourth-order valence-electron chi connectivity index (χ4n) is 2.58. The molecular weight excluding hydrogens is 467 g/mol. The van der Waals surface area contributed by atoms with E-state index in [0.717, 1.165) is 3.57 Å². The van der Waals surface area contributed by atoms with E-state index in [4.69, 9.17) is 0 Å². The minimum absolute atomic E-state index is 0.0404. The largest absolute Gasteiger partial charge is 0.322 e. The molecule has 2 N–H and O–H groups in total. The van der Waals surface area contributed by atoms with Crippen LogP contribution in [0.1, 0.15) is 38.0 Å². The lowest BCUT2D eigenvalue weighted by molar-refractivity contribution is 0.101. The zero-order valence-electron chi connectivity index (χ0n) is 15.0. The van der Waals surface area contributed by atoms with Gasteiger partial charge in [-0.05, 0) is 84.1 Å². The molecule has 0 unspecified atom stereocenters. The van der Waals surface area contributed by atoms with Gasteiger partial charge in [0.25, 0.3) is 11.8 Å². The molecule has 28 heavy (non-hydrogen) atoms. The van der Waals surface area contributed by atoms with Crippen LogP contribution in [0.25, 0.3) is 0 Å². The summed E-state index contributed by atoms with van der Waals surface area (Å²) in [4.78, 5) is 36.6. The Morgan fingerprint density at radius 1 is 0.750 bits per heavy atom. The average molecular weight is 484 g/mol. The molecule has 0 radical (unpaired) electrons. The lowest BCUT2D eigenvalue weighted by Crippen LogP contribution is -2.18. The van der Waals surface area contributed by atoms with Crippen LogP contribution in [-0.2, 0) is 0 Å². The number of nitrogens with one attached hydrogen (secondary N) is 2. The standard InChI is InChI=1S/C22H17IN2O3/c1-14(26)15-7-10-18(11-8-15)24-22(28)19-13-17(23)9-12-20(19)25-21(27)16-5-3-2-4-6-16/h2-13H,1H3,(H,24,28)(H,25,27). The molecule has 0 fully saturated rings. The summed E-state index contributed by atoms with van der Waals surface area (Å²) in [5.74, 6) is -0.680. The number of amides is 2. The Labute approximate surface area is 176 Å². The van der Waals surface area contributed by atoms with E-state index in [1.165, 1.54) is 6.92 Å². The Bertz CT molecular complexity index is 1030. The molecule has 0 aliphatic heterocycles. The Balaban J connectivity index is 1.82. The summed E-state index contributed by atoms with van der Waals surface area (Å²) in [7, 11) is 0. The summed E-state index contributed by atoms with van der Waals surface area (Å²) in [6.45, 7) is 1.49. The quantitative estimate of drug-likeness (QED) is 0.396. The number of benzene rings is 3. The van der Waals surface area contributed by atoms with Crippen LogP contribution in [0, 0.1) is 3.57 Å². The molecule has 6 heteroatoms. The van der Waals surface area contributed by atoms with Crippen LogP contribution in [0.4, 0.5) is 11.4 Å². The van der Waals surface area contributed by atoms with Gasteiger partial charge in [0.2, 0.25) is 0 Å². The topological polar surface area (TPSA) is 75.3 Å². The van der Waals surface area contributed by atoms with E-state index in [2.05, 4.69) is 33.2 Å². The highest BCUT2D eigenvalue weighted by molar-refractivity contribution is 14.1. The van der Waals surface area contributed by atoms with E-state index in [0.29, 0.717) is 28.1 Å². The van der Waals surface area contributed by atoms with Crippen LogP contribution in [0.2, 0.25) is 0 Å². The number of anilines is 2. The maximum Gasteiger partial charge on any atom is 0.257 e. The Morgan fingerprint density at radius 3 is 2.07 bits per heavy atom. The molecule has 3 rings (SSSR count). The molecule has 0 aliphatic carbocycles. The molecule has 0 heterocycles. The summed E-state index contributed by atoms with van der Waals surface area (Å²) in [5.41, 5.74) is 2.42. The molecule has 3 aromatic carbocycles. The van der Waals surface area contributed by atoms with Crippen molar-refractivity contribution in [3.8, 4) is 0 Å². The second kappa shape index (κ2) is 8.79. The van der Waals surface area contributed by atoms with Crippen molar-refractivity contribution in [1.29, 1.82) is 0 Å². The predicted molar refractivity (Wildman–Crippen MR) is 118 cm³/mol. The van der Waals surface area contributed by atoms with E-state index in [9.17, 15) is 14.4 Å². The van der Waals surface area contributed by atoms with Gasteiger partial charge >= 0.3 is 0 Å². The maximum absolute atomic E-state index is 12.8. The van der Waals surface area contributed by atoms with Gasteiger partial charge in [-0.1, -0.05) is 18.2 Å². The fraction of sp³-hybridized carbons (Fsp3) is 0.0455. The van der Waals surface area contributed by atoms with Gasteiger partial charge in [-0.25, -0.2) is 0 Å². The zero-order chi connectivity index (χ0) is 20.1. The second-order valence-corrected chi connectivity index (χ2v) is 7.34. The van der Waals surface area contributed by atoms with Gasteiger partial charge in [0.1, 0.15) is 0 Å². The van der Waals surface area contributed by atoms with Gasteiger partial charge in [0.05, 0.1) is 11.3 Å². The third kappa shape index (κ3) is 4.83. The number of carbonyl (C=O) groups is 3. The van der Waals surface area contributed by atoms with Crippen molar-refractivity contribution in [2.24, 2.45) is 0 Å². The van der Waals surface area contributed by atoms with Crippen LogP contribution in [0.15, 0.2) is 72.8 Å². The number of halogens is 1. The lowest BCUT2D eigenvalue weighted by Gasteiger charge is -2.12. The van der Waals surface area contributed by atoms with Crippen LogP contribution in [0.5, 0.6) is 0 Å². The lowest BCUT2D eigenvalue weighted by atomic mass is 10.1. The molecule has 0 aromatic heterocycles. The van der Waals surface area contributed by atoms with Gasteiger partial charge < -0.3 is 10.6 Å². The Morgan fingerprint density at radius 2 is 1.43 bits per heavy atom. The van der Waals surface area contributed by atoms with Gasteiger partial charge in [0, 0.05) is 20.4 Å². The molecular formula is C22H17IN2O3. The van der Waals surface area contributed by atoms with Crippen molar-refractivity contribution in [2.75, 3.05) is 10.6 Å². The molecule has 0 bridgehead atoms. The molecule has 140 valence electrons. The maximum atomic E-state index is 12.8. The highest BCUT2D eigenvalue weighted by Crippen LogP contribution is 2.22. The first-order valence-electron chi connectivity index (χ1n) is 8.52. The van der Waals surface area contributed by atoms with E-state index < -0.39 is 0 Å². The van der Waals surface area contributed by atoms with Crippen LogP contribution < -0.4 is 10.6 Å². The number of rotatable bonds is 5. The minimum atomic E-state index is -0.350. The first kappa shape index (κ1) is 19.8. The average Bonchev–Trinajstić information content (AvgIpc) is 2.70. The molecule has 0 aliphatic rings. The highest BCUT2D eigenvalue weighted by Gasteiger charge is 2.15. The van der Waals surface area contributed by atoms with Crippen molar-refractivity contribution < 1.29 is 14.4 Å². The molecule has 0 atom stereocenters. The van der Waals surface area contributed by atoms with Gasteiger partial charge in [0.15, 0.2) is 5.78 Å². The number of hydrogen-bond donors (Lipinski definition) is 2.